The number of benzene rings is 1. The van der Waals surface area contributed by atoms with Crippen molar-refractivity contribution in [1.82, 2.24) is 0 Å². The second kappa shape index (κ2) is 4.47. The molecule has 0 fully saturated rings. The van der Waals surface area contributed by atoms with E-state index in [1.54, 1.807) is 0 Å². The largest absolute Gasteiger partial charge is 0.310 e. The number of aryl methyl sites for hydroxylation is 1. The highest BCUT2D eigenvalue weighted by Gasteiger charge is 2.23. The summed E-state index contributed by atoms with van der Waals surface area (Å²) in [6.07, 6.45) is 5.94. The van der Waals surface area contributed by atoms with Gasteiger partial charge in [0.05, 0.1) is 5.66 Å². The van der Waals surface area contributed by atoms with Crippen LogP contribution < -0.4 is 11.5 Å². The van der Waals surface area contributed by atoms with E-state index >= 15 is 0 Å². The average molecular weight is 228 g/mol. The van der Waals surface area contributed by atoms with E-state index in [2.05, 4.69) is 43.3 Å². The summed E-state index contributed by atoms with van der Waals surface area (Å²) in [6, 6.07) is 8.59. The van der Waals surface area contributed by atoms with Crippen molar-refractivity contribution in [1.29, 1.82) is 0 Å². The molecule has 0 saturated carbocycles. The van der Waals surface area contributed by atoms with Crippen molar-refractivity contribution >= 4 is 0 Å². The van der Waals surface area contributed by atoms with Gasteiger partial charge in [-0.25, -0.2) is 0 Å². The molecule has 17 heavy (non-hydrogen) atoms. The molecule has 2 nitrogen and oxygen atoms in total. The van der Waals surface area contributed by atoms with E-state index in [-0.39, 0.29) is 0 Å². The van der Waals surface area contributed by atoms with Crippen molar-refractivity contribution in [2.75, 3.05) is 0 Å². The maximum atomic E-state index is 5.97. The third-order valence-corrected chi connectivity index (χ3v) is 3.33. The van der Waals surface area contributed by atoms with E-state index in [0.29, 0.717) is 0 Å². The van der Waals surface area contributed by atoms with Crippen molar-refractivity contribution in [2.45, 2.75) is 32.4 Å². The summed E-state index contributed by atoms with van der Waals surface area (Å²) in [5, 5.41) is 0. The summed E-state index contributed by atoms with van der Waals surface area (Å²) in [7, 11) is 0. The smallest absolute Gasteiger partial charge is 0.0894 e. The monoisotopic (exact) mass is 228 g/mol. The molecule has 1 aliphatic rings. The van der Waals surface area contributed by atoms with E-state index in [4.69, 9.17) is 11.5 Å². The SMILES string of the molecule is CC1=CC(Cc2cccc(C)c2)=CCC1(N)N. The fourth-order valence-electron chi connectivity index (χ4n) is 2.11. The number of nitrogens with two attached hydrogens (primary N) is 2. The Hall–Kier alpha value is -1.38. The molecule has 0 unspecified atom stereocenters. The highest BCUT2D eigenvalue weighted by molar-refractivity contribution is 5.38. The van der Waals surface area contributed by atoms with Gasteiger partial charge < -0.3 is 11.5 Å². The van der Waals surface area contributed by atoms with Gasteiger partial charge in [0.1, 0.15) is 0 Å². The standard InChI is InChI=1S/C15H20N2/c1-11-4-3-5-13(8-11)10-14-6-7-15(16,17)12(2)9-14/h3-6,8-9H,7,10,16-17H2,1-2H3. The van der Waals surface area contributed by atoms with Crippen molar-refractivity contribution in [3.8, 4) is 0 Å². The van der Waals surface area contributed by atoms with Crippen molar-refractivity contribution in [3.63, 3.8) is 0 Å². The Morgan fingerprint density at radius 1 is 1.24 bits per heavy atom. The van der Waals surface area contributed by atoms with Gasteiger partial charge in [-0.3, -0.25) is 0 Å². The normalized spacial score (nSPS) is 18.6. The van der Waals surface area contributed by atoms with Gasteiger partial charge in [0, 0.05) is 6.42 Å². The van der Waals surface area contributed by atoms with Crippen LogP contribution in [0.25, 0.3) is 0 Å². The summed E-state index contributed by atoms with van der Waals surface area (Å²) >= 11 is 0. The summed E-state index contributed by atoms with van der Waals surface area (Å²) in [6.45, 7) is 4.12. The molecule has 0 saturated heterocycles. The molecule has 0 aliphatic heterocycles. The summed E-state index contributed by atoms with van der Waals surface area (Å²) in [5.41, 5.74) is 16.3. The third kappa shape index (κ3) is 2.84. The zero-order valence-electron chi connectivity index (χ0n) is 10.5. The minimum Gasteiger partial charge on any atom is -0.310 e. The van der Waals surface area contributed by atoms with Crippen molar-refractivity contribution in [3.05, 3.63) is 58.7 Å². The molecule has 0 aromatic heterocycles. The van der Waals surface area contributed by atoms with Gasteiger partial charge in [0.2, 0.25) is 0 Å². The maximum Gasteiger partial charge on any atom is 0.0894 e. The third-order valence-electron chi connectivity index (χ3n) is 3.33. The van der Waals surface area contributed by atoms with Crippen LogP contribution in [-0.2, 0) is 6.42 Å². The Kier molecular flexibility index (Phi) is 3.18. The summed E-state index contributed by atoms with van der Waals surface area (Å²) < 4.78 is 0. The van der Waals surface area contributed by atoms with Crippen LogP contribution in [-0.4, -0.2) is 5.66 Å². The first-order valence-corrected chi connectivity index (χ1v) is 5.98. The second-order valence-corrected chi connectivity index (χ2v) is 5.02. The lowest BCUT2D eigenvalue weighted by Crippen LogP contribution is -2.50. The fourth-order valence-corrected chi connectivity index (χ4v) is 2.11. The van der Waals surface area contributed by atoms with Crippen LogP contribution in [0.15, 0.2) is 47.6 Å². The van der Waals surface area contributed by atoms with Gasteiger partial charge in [-0.15, -0.1) is 0 Å². The Balaban J connectivity index is 2.15. The molecule has 1 aromatic carbocycles. The quantitative estimate of drug-likeness (QED) is 0.764. The molecule has 2 rings (SSSR count). The van der Waals surface area contributed by atoms with Gasteiger partial charge in [0.15, 0.2) is 0 Å². The minimum atomic E-state index is -0.657. The molecule has 4 N–H and O–H groups in total. The van der Waals surface area contributed by atoms with Crippen LogP contribution in [0, 0.1) is 6.92 Å². The minimum absolute atomic E-state index is 0.657. The van der Waals surface area contributed by atoms with Gasteiger partial charge >= 0.3 is 0 Å². The predicted molar refractivity (Wildman–Crippen MR) is 72.4 cm³/mol. The topological polar surface area (TPSA) is 52.0 Å². The van der Waals surface area contributed by atoms with Crippen LogP contribution >= 0.6 is 0 Å². The maximum absolute atomic E-state index is 5.97. The molecule has 1 aromatic rings. The molecule has 0 radical (unpaired) electrons. The molecule has 90 valence electrons. The van der Waals surface area contributed by atoms with Crippen LogP contribution in [0.2, 0.25) is 0 Å². The zero-order valence-corrected chi connectivity index (χ0v) is 10.5. The lowest BCUT2D eigenvalue weighted by molar-refractivity contribution is 0.518. The first-order valence-electron chi connectivity index (χ1n) is 5.98. The van der Waals surface area contributed by atoms with Crippen LogP contribution in [0.5, 0.6) is 0 Å². The lowest BCUT2D eigenvalue weighted by Gasteiger charge is -2.28. The van der Waals surface area contributed by atoms with Crippen LogP contribution in [0.3, 0.4) is 0 Å². The van der Waals surface area contributed by atoms with E-state index in [0.717, 1.165) is 18.4 Å². The Morgan fingerprint density at radius 2 is 2.00 bits per heavy atom. The molecule has 0 spiro atoms. The summed E-state index contributed by atoms with van der Waals surface area (Å²) in [5.74, 6) is 0. The lowest BCUT2D eigenvalue weighted by atomic mass is 9.88. The molecule has 1 aliphatic carbocycles. The van der Waals surface area contributed by atoms with Gasteiger partial charge in [-0.05, 0) is 37.0 Å². The van der Waals surface area contributed by atoms with E-state index in [1.165, 1.54) is 16.7 Å². The molecule has 0 bridgehead atoms. The molecular formula is C15H20N2. The van der Waals surface area contributed by atoms with E-state index in [1.807, 2.05) is 6.92 Å². The Labute approximate surface area is 103 Å². The van der Waals surface area contributed by atoms with Crippen LogP contribution in [0.4, 0.5) is 0 Å². The van der Waals surface area contributed by atoms with Gasteiger partial charge in [0.25, 0.3) is 0 Å². The van der Waals surface area contributed by atoms with Crippen molar-refractivity contribution < 1.29 is 0 Å². The van der Waals surface area contributed by atoms with Crippen LogP contribution in [0.1, 0.15) is 24.5 Å². The van der Waals surface area contributed by atoms with E-state index < -0.39 is 5.66 Å². The summed E-state index contributed by atoms with van der Waals surface area (Å²) in [4.78, 5) is 0. The predicted octanol–water partition coefficient (Wildman–Crippen LogP) is 2.43. The zero-order chi connectivity index (χ0) is 12.5. The molecule has 0 atom stereocenters. The Morgan fingerprint density at radius 3 is 2.65 bits per heavy atom. The highest BCUT2D eigenvalue weighted by atomic mass is 15.0. The van der Waals surface area contributed by atoms with E-state index in [9.17, 15) is 0 Å². The molecule has 0 amide bonds. The molecular weight excluding hydrogens is 208 g/mol. The highest BCUT2D eigenvalue weighted by Crippen LogP contribution is 2.23. The van der Waals surface area contributed by atoms with Gasteiger partial charge in [-0.2, -0.15) is 0 Å². The number of hydrogen-bond acceptors (Lipinski definition) is 2. The number of hydrogen-bond donors (Lipinski definition) is 2. The number of rotatable bonds is 2. The molecule has 0 heterocycles. The van der Waals surface area contributed by atoms with Gasteiger partial charge in [-0.1, -0.05) is 42.0 Å². The first kappa shape index (κ1) is 12.1. The number of allylic oxidation sites excluding steroid dienone is 2. The van der Waals surface area contributed by atoms with Crippen molar-refractivity contribution in [2.24, 2.45) is 11.5 Å². The molecule has 2 heteroatoms. The first-order chi connectivity index (χ1) is 7.97. The fraction of sp³-hybridized carbons (Fsp3) is 0.333. The Bertz CT molecular complexity index is 481. The average Bonchev–Trinajstić information content (AvgIpc) is 2.24. The second-order valence-electron chi connectivity index (χ2n) is 5.02.